The number of fused-ring (bicyclic) bond motifs is 1. The molecule has 20 heavy (non-hydrogen) atoms. The first-order valence-electron chi connectivity index (χ1n) is 6.91. The topological polar surface area (TPSA) is 79.5 Å². The van der Waals surface area contributed by atoms with Crippen LogP contribution >= 0.6 is 0 Å². The number of ether oxygens (including phenoxy) is 1. The molecule has 2 unspecified atom stereocenters. The van der Waals surface area contributed by atoms with Crippen LogP contribution in [0.2, 0.25) is 0 Å². The lowest BCUT2D eigenvalue weighted by Gasteiger charge is -2.42. The molecule has 0 amide bonds. The highest BCUT2D eigenvalue weighted by molar-refractivity contribution is 7.89. The van der Waals surface area contributed by atoms with Crippen LogP contribution in [0.25, 0.3) is 0 Å². The molecule has 2 fully saturated rings. The molecule has 1 saturated carbocycles. The molecule has 0 radical (unpaired) electrons. The van der Waals surface area contributed by atoms with E-state index in [-0.39, 0.29) is 17.0 Å². The Kier molecular flexibility index (Phi) is 3.66. The van der Waals surface area contributed by atoms with Gasteiger partial charge in [-0.05, 0) is 12.8 Å². The van der Waals surface area contributed by atoms with Gasteiger partial charge in [-0.3, -0.25) is 4.79 Å². The molecule has 1 saturated heterocycles. The average Bonchev–Trinajstić information content (AvgIpc) is 2.47. The van der Waals surface area contributed by atoms with Crippen LogP contribution in [0.15, 0.2) is 28.2 Å². The highest BCUT2D eigenvalue weighted by Crippen LogP contribution is 2.31. The molecule has 1 aliphatic heterocycles. The number of rotatable bonds is 2. The Labute approximate surface area is 117 Å². The van der Waals surface area contributed by atoms with Crippen LogP contribution in [0.3, 0.4) is 0 Å². The van der Waals surface area contributed by atoms with Gasteiger partial charge in [0.2, 0.25) is 15.5 Å². The van der Waals surface area contributed by atoms with Crippen LogP contribution in [-0.4, -0.2) is 43.0 Å². The second-order valence-corrected chi connectivity index (χ2v) is 7.11. The van der Waals surface area contributed by atoms with Crippen molar-refractivity contribution >= 4 is 10.0 Å². The van der Waals surface area contributed by atoms with E-state index in [1.807, 2.05) is 0 Å². The van der Waals surface area contributed by atoms with Gasteiger partial charge < -0.3 is 9.72 Å². The smallest absolute Gasteiger partial charge is 0.248 e. The lowest BCUT2D eigenvalue weighted by Crippen LogP contribution is -2.55. The number of sulfonamides is 1. The van der Waals surface area contributed by atoms with Crippen LogP contribution in [-0.2, 0) is 14.8 Å². The standard InChI is InChI=1S/C13H18N2O4S/c16-11-5-6-14-9-13(11)20(17,18)15-7-8-19-12-4-2-1-3-10(12)15/h5-6,9-10,12H,1-4,7-8H2,(H,14,16). The lowest BCUT2D eigenvalue weighted by molar-refractivity contribution is -0.0586. The summed E-state index contributed by atoms with van der Waals surface area (Å²) in [6.07, 6.45) is 6.43. The summed E-state index contributed by atoms with van der Waals surface area (Å²) in [5, 5.41) is 0. The minimum atomic E-state index is -3.75. The van der Waals surface area contributed by atoms with E-state index in [4.69, 9.17) is 4.74 Å². The average molecular weight is 298 g/mol. The van der Waals surface area contributed by atoms with Crippen molar-refractivity contribution in [2.75, 3.05) is 13.2 Å². The maximum atomic E-state index is 12.7. The van der Waals surface area contributed by atoms with Gasteiger partial charge in [0, 0.05) is 25.0 Å². The van der Waals surface area contributed by atoms with Gasteiger partial charge in [0.1, 0.15) is 4.90 Å². The molecule has 0 spiro atoms. The van der Waals surface area contributed by atoms with Gasteiger partial charge in [-0.25, -0.2) is 8.42 Å². The number of hydrogen-bond donors (Lipinski definition) is 1. The number of aromatic amines is 1. The number of hydrogen-bond acceptors (Lipinski definition) is 4. The van der Waals surface area contributed by atoms with Crippen LogP contribution < -0.4 is 5.43 Å². The van der Waals surface area contributed by atoms with E-state index in [2.05, 4.69) is 4.98 Å². The van der Waals surface area contributed by atoms with Crippen LogP contribution in [0.1, 0.15) is 25.7 Å². The van der Waals surface area contributed by atoms with E-state index in [1.54, 1.807) is 0 Å². The Morgan fingerprint density at radius 3 is 2.90 bits per heavy atom. The van der Waals surface area contributed by atoms with Gasteiger partial charge in [0.25, 0.3) is 0 Å². The van der Waals surface area contributed by atoms with Crippen LogP contribution in [0.4, 0.5) is 0 Å². The Bertz CT molecular complexity index is 638. The molecule has 110 valence electrons. The third kappa shape index (κ3) is 2.30. The summed E-state index contributed by atoms with van der Waals surface area (Å²) in [6.45, 7) is 0.711. The van der Waals surface area contributed by atoms with Crippen molar-refractivity contribution < 1.29 is 13.2 Å². The Morgan fingerprint density at radius 1 is 1.30 bits per heavy atom. The lowest BCUT2D eigenvalue weighted by atomic mass is 9.91. The molecule has 1 aromatic rings. The fourth-order valence-corrected chi connectivity index (χ4v) is 4.79. The summed E-state index contributed by atoms with van der Waals surface area (Å²) in [7, 11) is -3.75. The normalized spacial score (nSPS) is 28.0. The van der Waals surface area contributed by atoms with Crippen molar-refractivity contribution in [2.45, 2.75) is 42.7 Å². The fraction of sp³-hybridized carbons (Fsp3) is 0.615. The van der Waals surface area contributed by atoms with Gasteiger partial charge in [-0.15, -0.1) is 0 Å². The predicted octanol–water partition coefficient (Wildman–Crippen LogP) is 0.707. The number of aromatic nitrogens is 1. The highest BCUT2D eigenvalue weighted by atomic mass is 32.2. The van der Waals surface area contributed by atoms with Crippen LogP contribution in [0.5, 0.6) is 0 Å². The zero-order valence-electron chi connectivity index (χ0n) is 11.1. The molecule has 3 rings (SSSR count). The minimum Gasteiger partial charge on any atom is -0.375 e. The van der Waals surface area contributed by atoms with Crippen molar-refractivity contribution in [3.8, 4) is 0 Å². The van der Waals surface area contributed by atoms with Gasteiger partial charge in [0.15, 0.2) is 0 Å². The summed E-state index contributed by atoms with van der Waals surface area (Å²) < 4.78 is 32.6. The number of pyridine rings is 1. The second kappa shape index (κ2) is 5.31. The van der Waals surface area contributed by atoms with Crippen molar-refractivity contribution in [3.05, 3.63) is 28.7 Å². The minimum absolute atomic E-state index is 0.0323. The number of nitrogens with one attached hydrogen (secondary N) is 1. The van der Waals surface area contributed by atoms with Gasteiger partial charge in [-0.2, -0.15) is 4.31 Å². The first-order chi connectivity index (χ1) is 9.60. The quantitative estimate of drug-likeness (QED) is 0.872. The highest BCUT2D eigenvalue weighted by Gasteiger charge is 2.41. The monoisotopic (exact) mass is 298 g/mol. The molecule has 6 nitrogen and oxygen atoms in total. The number of morpholine rings is 1. The summed E-state index contributed by atoms with van der Waals surface area (Å²) in [6, 6.07) is 1.10. The Morgan fingerprint density at radius 2 is 2.10 bits per heavy atom. The predicted molar refractivity (Wildman–Crippen MR) is 73.0 cm³/mol. The second-order valence-electron chi connectivity index (χ2n) is 5.25. The fourth-order valence-electron chi connectivity index (χ4n) is 3.09. The SMILES string of the molecule is O=c1cc[nH]cc1S(=O)(=O)N1CCOC2CCCCC21. The molecule has 2 aliphatic rings. The van der Waals surface area contributed by atoms with E-state index >= 15 is 0 Å². The summed E-state index contributed by atoms with van der Waals surface area (Å²) in [4.78, 5) is 14.3. The van der Waals surface area contributed by atoms with Crippen molar-refractivity contribution in [2.24, 2.45) is 0 Å². The van der Waals surface area contributed by atoms with Crippen molar-refractivity contribution in [1.82, 2.24) is 9.29 Å². The van der Waals surface area contributed by atoms with Crippen molar-refractivity contribution in [1.29, 1.82) is 0 Å². The summed E-state index contributed by atoms with van der Waals surface area (Å²) in [5.41, 5.74) is -0.470. The van der Waals surface area contributed by atoms with E-state index in [0.29, 0.717) is 13.2 Å². The molecule has 2 heterocycles. The summed E-state index contributed by atoms with van der Waals surface area (Å²) in [5.74, 6) is 0. The molecule has 1 N–H and O–H groups in total. The van der Waals surface area contributed by atoms with Crippen molar-refractivity contribution in [3.63, 3.8) is 0 Å². The van der Waals surface area contributed by atoms with Gasteiger partial charge in [0.05, 0.1) is 18.8 Å². The van der Waals surface area contributed by atoms with Gasteiger partial charge >= 0.3 is 0 Å². The molecule has 1 aromatic heterocycles. The Hall–Kier alpha value is -1.18. The largest absolute Gasteiger partial charge is 0.375 e. The van der Waals surface area contributed by atoms with Gasteiger partial charge in [-0.1, -0.05) is 12.8 Å². The maximum Gasteiger partial charge on any atom is 0.248 e. The third-order valence-corrected chi connectivity index (χ3v) is 6.00. The molecule has 2 atom stereocenters. The molecule has 0 bridgehead atoms. The molecular formula is C13H18N2O4S. The zero-order chi connectivity index (χ0) is 14.2. The molecule has 7 heteroatoms. The van der Waals surface area contributed by atoms with Crippen LogP contribution in [0, 0.1) is 0 Å². The maximum absolute atomic E-state index is 12.7. The first-order valence-corrected chi connectivity index (χ1v) is 8.35. The zero-order valence-corrected chi connectivity index (χ0v) is 11.9. The Balaban J connectivity index is 1.98. The van der Waals surface area contributed by atoms with E-state index in [1.165, 1.54) is 22.8 Å². The molecular weight excluding hydrogens is 280 g/mol. The van der Waals surface area contributed by atoms with E-state index < -0.39 is 15.5 Å². The van der Waals surface area contributed by atoms with E-state index in [0.717, 1.165) is 25.7 Å². The molecule has 1 aliphatic carbocycles. The number of nitrogens with zero attached hydrogens (tertiary/aromatic N) is 1. The number of H-pyrrole nitrogens is 1. The van der Waals surface area contributed by atoms with E-state index in [9.17, 15) is 13.2 Å². The first kappa shape index (κ1) is 13.8. The third-order valence-electron chi connectivity index (χ3n) is 4.06. The summed E-state index contributed by atoms with van der Waals surface area (Å²) >= 11 is 0. The molecule has 0 aromatic carbocycles.